The minimum atomic E-state index is -1.33. The molecule has 0 bridgehead atoms. The number of carbonyl (C=O) groups excluding carboxylic acids is 1. The first-order valence-corrected chi connectivity index (χ1v) is 5.87. The average Bonchev–Trinajstić information content (AvgIpc) is 2.92. The summed E-state index contributed by atoms with van der Waals surface area (Å²) in [5, 5.41) is 15.7. The molecule has 0 aromatic carbocycles. The minimum absolute atomic E-state index is 0.0723. The van der Waals surface area contributed by atoms with Crippen molar-refractivity contribution in [2.75, 3.05) is 4.90 Å². The van der Waals surface area contributed by atoms with Gasteiger partial charge in [-0.2, -0.15) is 0 Å². The summed E-state index contributed by atoms with van der Waals surface area (Å²) in [6, 6.07) is -0.217. The lowest BCUT2D eigenvalue weighted by Gasteiger charge is -2.24. The van der Waals surface area contributed by atoms with Gasteiger partial charge in [-0.15, -0.1) is 0 Å². The first-order valence-electron chi connectivity index (χ1n) is 5.87. The Morgan fingerprint density at radius 2 is 2.00 bits per heavy atom. The quantitative estimate of drug-likeness (QED) is 0.889. The van der Waals surface area contributed by atoms with Crippen molar-refractivity contribution in [3.8, 4) is 0 Å². The summed E-state index contributed by atoms with van der Waals surface area (Å²) in [4.78, 5) is 24.0. The highest BCUT2D eigenvalue weighted by atomic mass is 16.6. The molecular formula is C11H15N3O5. The molecule has 1 aromatic heterocycles. The van der Waals surface area contributed by atoms with Gasteiger partial charge in [0, 0.05) is 6.04 Å². The van der Waals surface area contributed by atoms with Gasteiger partial charge < -0.3 is 14.3 Å². The number of carboxylic acid groups (broad SMARTS) is 1. The van der Waals surface area contributed by atoms with Crippen molar-refractivity contribution in [3.05, 3.63) is 5.89 Å². The van der Waals surface area contributed by atoms with Crippen LogP contribution in [0.15, 0.2) is 4.42 Å². The molecule has 0 aliphatic heterocycles. The van der Waals surface area contributed by atoms with Crippen LogP contribution in [0, 0.1) is 0 Å². The Bertz CT molecular complexity index is 501. The molecule has 8 heteroatoms. The van der Waals surface area contributed by atoms with Crippen molar-refractivity contribution in [1.29, 1.82) is 0 Å². The second kappa shape index (κ2) is 4.52. The zero-order valence-corrected chi connectivity index (χ0v) is 10.9. The standard InChI is InChI=1S/C11H15N3O5/c1-11(2,3)19-10(17)14(6-4-5-6)9-13-12-7(18-9)8(15)16/h6H,4-5H2,1-3H3,(H,15,16). The summed E-state index contributed by atoms with van der Waals surface area (Å²) in [6.07, 6.45) is 0.976. The van der Waals surface area contributed by atoms with Crippen LogP contribution in [0.3, 0.4) is 0 Å². The van der Waals surface area contributed by atoms with E-state index >= 15 is 0 Å². The smallest absolute Gasteiger partial charge is 0.418 e. The van der Waals surface area contributed by atoms with Crippen LogP contribution < -0.4 is 4.90 Å². The lowest BCUT2D eigenvalue weighted by Crippen LogP contribution is -2.38. The summed E-state index contributed by atoms with van der Waals surface area (Å²) in [6.45, 7) is 5.23. The van der Waals surface area contributed by atoms with E-state index in [0.717, 1.165) is 12.8 Å². The summed E-state index contributed by atoms with van der Waals surface area (Å²) >= 11 is 0. The fourth-order valence-corrected chi connectivity index (χ4v) is 1.43. The normalized spacial score (nSPS) is 15.1. The highest BCUT2D eigenvalue weighted by molar-refractivity contribution is 5.87. The first kappa shape index (κ1) is 13.3. The summed E-state index contributed by atoms with van der Waals surface area (Å²) in [5.41, 5.74) is -0.653. The second-order valence-electron chi connectivity index (χ2n) is 5.28. The zero-order chi connectivity index (χ0) is 14.2. The molecule has 19 heavy (non-hydrogen) atoms. The Morgan fingerprint density at radius 3 is 2.42 bits per heavy atom. The highest BCUT2D eigenvalue weighted by Gasteiger charge is 2.39. The van der Waals surface area contributed by atoms with E-state index in [0.29, 0.717) is 0 Å². The number of aromatic carboxylic acids is 1. The molecule has 0 spiro atoms. The number of ether oxygens (including phenoxy) is 1. The molecule has 1 saturated carbocycles. The predicted octanol–water partition coefficient (Wildman–Crippen LogP) is 1.67. The third kappa shape index (κ3) is 3.21. The monoisotopic (exact) mass is 269 g/mol. The summed E-state index contributed by atoms with van der Waals surface area (Å²) in [5.74, 6) is -1.89. The molecule has 2 rings (SSSR count). The van der Waals surface area contributed by atoms with Crippen LogP contribution in [0.1, 0.15) is 44.3 Å². The Balaban J connectivity index is 2.20. The van der Waals surface area contributed by atoms with Crippen LogP contribution in [0.4, 0.5) is 10.8 Å². The number of rotatable bonds is 3. The maximum atomic E-state index is 12.0. The number of aromatic nitrogens is 2. The van der Waals surface area contributed by atoms with Crippen LogP contribution in [-0.4, -0.2) is 39.0 Å². The van der Waals surface area contributed by atoms with Crippen LogP contribution in [0.2, 0.25) is 0 Å². The molecule has 1 amide bonds. The molecule has 1 fully saturated rings. The third-order valence-corrected chi connectivity index (χ3v) is 2.31. The summed E-state index contributed by atoms with van der Waals surface area (Å²) < 4.78 is 10.2. The number of hydrogen-bond donors (Lipinski definition) is 1. The molecule has 1 N–H and O–H groups in total. The molecule has 1 aliphatic carbocycles. The molecule has 104 valence electrons. The van der Waals surface area contributed by atoms with Crippen molar-refractivity contribution in [1.82, 2.24) is 10.2 Å². The molecule has 1 aliphatic rings. The van der Waals surface area contributed by atoms with Crippen molar-refractivity contribution in [3.63, 3.8) is 0 Å². The van der Waals surface area contributed by atoms with E-state index in [-0.39, 0.29) is 12.1 Å². The number of carboxylic acids is 1. The van der Waals surface area contributed by atoms with Gasteiger partial charge in [-0.05, 0) is 33.6 Å². The van der Waals surface area contributed by atoms with E-state index < -0.39 is 23.6 Å². The molecule has 0 radical (unpaired) electrons. The Kier molecular flexibility index (Phi) is 3.17. The molecule has 0 unspecified atom stereocenters. The van der Waals surface area contributed by atoms with E-state index in [9.17, 15) is 9.59 Å². The number of carbonyl (C=O) groups is 2. The van der Waals surface area contributed by atoms with E-state index in [1.165, 1.54) is 4.90 Å². The number of anilines is 1. The predicted molar refractivity (Wildman–Crippen MR) is 63.0 cm³/mol. The third-order valence-electron chi connectivity index (χ3n) is 2.31. The lowest BCUT2D eigenvalue weighted by atomic mass is 10.2. The lowest BCUT2D eigenvalue weighted by molar-refractivity contribution is 0.0561. The first-order chi connectivity index (χ1) is 8.78. The Hall–Kier alpha value is -2.12. The average molecular weight is 269 g/mol. The van der Waals surface area contributed by atoms with Gasteiger partial charge in [0.15, 0.2) is 0 Å². The van der Waals surface area contributed by atoms with E-state index in [4.69, 9.17) is 14.3 Å². The summed E-state index contributed by atoms with van der Waals surface area (Å²) in [7, 11) is 0. The molecule has 8 nitrogen and oxygen atoms in total. The fraction of sp³-hybridized carbons (Fsp3) is 0.636. The van der Waals surface area contributed by atoms with Gasteiger partial charge in [-0.3, -0.25) is 0 Å². The van der Waals surface area contributed by atoms with Crippen LogP contribution in [0.25, 0.3) is 0 Å². The Labute approximate surface area is 109 Å². The van der Waals surface area contributed by atoms with Gasteiger partial charge in [0.25, 0.3) is 0 Å². The van der Waals surface area contributed by atoms with Gasteiger partial charge in [0.05, 0.1) is 0 Å². The van der Waals surface area contributed by atoms with Crippen LogP contribution in [0.5, 0.6) is 0 Å². The minimum Gasteiger partial charge on any atom is -0.474 e. The number of amides is 1. The van der Waals surface area contributed by atoms with Gasteiger partial charge in [0.2, 0.25) is 0 Å². The van der Waals surface area contributed by atoms with Crippen molar-refractivity contribution in [2.24, 2.45) is 0 Å². The topological polar surface area (TPSA) is 106 Å². The molecule has 0 atom stereocenters. The van der Waals surface area contributed by atoms with Gasteiger partial charge in [-0.1, -0.05) is 10.2 Å². The fourth-order valence-electron chi connectivity index (χ4n) is 1.43. The highest BCUT2D eigenvalue weighted by Crippen LogP contribution is 2.32. The largest absolute Gasteiger partial charge is 0.474 e. The zero-order valence-electron chi connectivity index (χ0n) is 10.9. The molecular weight excluding hydrogens is 254 g/mol. The van der Waals surface area contributed by atoms with E-state index in [2.05, 4.69) is 10.2 Å². The second-order valence-corrected chi connectivity index (χ2v) is 5.28. The molecule has 1 heterocycles. The maximum Gasteiger partial charge on any atom is 0.418 e. The number of hydrogen-bond acceptors (Lipinski definition) is 6. The van der Waals surface area contributed by atoms with Gasteiger partial charge in [-0.25, -0.2) is 14.5 Å². The number of nitrogens with zero attached hydrogens (tertiary/aromatic N) is 3. The van der Waals surface area contributed by atoms with E-state index in [1.807, 2.05) is 0 Å². The van der Waals surface area contributed by atoms with Crippen LogP contribution in [-0.2, 0) is 4.74 Å². The van der Waals surface area contributed by atoms with Gasteiger partial charge in [0.1, 0.15) is 5.60 Å². The molecule has 0 saturated heterocycles. The van der Waals surface area contributed by atoms with E-state index in [1.54, 1.807) is 20.8 Å². The van der Waals surface area contributed by atoms with Crippen molar-refractivity contribution >= 4 is 18.1 Å². The van der Waals surface area contributed by atoms with Crippen LogP contribution >= 0.6 is 0 Å². The van der Waals surface area contributed by atoms with Crippen molar-refractivity contribution in [2.45, 2.75) is 45.3 Å². The molecule has 1 aromatic rings. The Morgan fingerprint density at radius 1 is 1.37 bits per heavy atom. The SMILES string of the molecule is CC(C)(C)OC(=O)N(c1nnc(C(=O)O)o1)C1CC1. The maximum absolute atomic E-state index is 12.0. The van der Waals surface area contributed by atoms with Gasteiger partial charge >= 0.3 is 24.0 Å². The van der Waals surface area contributed by atoms with Crippen molar-refractivity contribution < 1.29 is 23.8 Å².